The Bertz CT molecular complexity index is 614. The first-order valence-electron chi connectivity index (χ1n) is 11.9. The third-order valence-corrected chi connectivity index (χ3v) is 5.49. The van der Waals surface area contributed by atoms with Crippen LogP contribution in [0, 0.1) is 5.82 Å². The largest absolute Gasteiger partial charge is 0.462 e. The average Bonchev–Trinajstić information content (AvgIpc) is 2.72. The van der Waals surface area contributed by atoms with Crippen LogP contribution in [0.15, 0.2) is 18.2 Å². The summed E-state index contributed by atoms with van der Waals surface area (Å²) >= 11 is 0. The summed E-state index contributed by atoms with van der Waals surface area (Å²) in [6.45, 7) is 2.40. The van der Waals surface area contributed by atoms with E-state index >= 15 is 0 Å². The molecule has 0 aliphatic rings. The maximum absolute atomic E-state index is 13.3. The first-order valence-corrected chi connectivity index (χ1v) is 11.9. The van der Waals surface area contributed by atoms with Gasteiger partial charge in [0.05, 0.1) is 17.7 Å². The van der Waals surface area contributed by atoms with Gasteiger partial charge in [-0.2, -0.15) is 13.2 Å². The number of halogens is 4. The Labute approximate surface area is 184 Å². The third kappa shape index (κ3) is 12.8. The van der Waals surface area contributed by atoms with Crippen molar-refractivity contribution < 1.29 is 27.1 Å². The summed E-state index contributed by atoms with van der Waals surface area (Å²) < 4.78 is 56.4. The van der Waals surface area contributed by atoms with E-state index in [0.29, 0.717) is 18.6 Å². The van der Waals surface area contributed by atoms with Gasteiger partial charge in [-0.3, -0.25) is 0 Å². The molecule has 0 fully saturated rings. The minimum atomic E-state index is -4.84. The van der Waals surface area contributed by atoms with Gasteiger partial charge < -0.3 is 4.74 Å². The third-order valence-electron chi connectivity index (χ3n) is 5.49. The van der Waals surface area contributed by atoms with Gasteiger partial charge in [0.1, 0.15) is 5.82 Å². The molecule has 1 rings (SSSR count). The molecule has 0 saturated carbocycles. The lowest BCUT2D eigenvalue weighted by atomic mass is 10.0. The fraction of sp³-hybridized carbons (Fsp3) is 0.720. The minimum absolute atomic E-state index is 0.163. The van der Waals surface area contributed by atoms with Gasteiger partial charge in [-0.1, -0.05) is 96.8 Å². The normalized spacial score (nSPS) is 11.6. The van der Waals surface area contributed by atoms with Crippen LogP contribution in [0.4, 0.5) is 17.6 Å². The SMILES string of the molecule is CCCCCCCCCCCCCCCCCOC(=O)c1ccc(F)c(C(F)(F)F)c1. The zero-order valence-electron chi connectivity index (χ0n) is 18.9. The zero-order chi connectivity index (χ0) is 23.0. The second kappa shape index (κ2) is 16.1. The smallest absolute Gasteiger partial charge is 0.419 e. The van der Waals surface area contributed by atoms with Gasteiger partial charge in [-0.05, 0) is 24.6 Å². The molecule has 0 spiro atoms. The number of esters is 1. The molecule has 0 atom stereocenters. The van der Waals surface area contributed by atoms with Gasteiger partial charge in [-0.25, -0.2) is 9.18 Å². The highest BCUT2D eigenvalue weighted by Gasteiger charge is 2.34. The van der Waals surface area contributed by atoms with Gasteiger partial charge in [-0.15, -0.1) is 0 Å². The molecule has 0 amide bonds. The van der Waals surface area contributed by atoms with E-state index in [2.05, 4.69) is 6.92 Å². The topological polar surface area (TPSA) is 26.3 Å². The van der Waals surface area contributed by atoms with Crippen molar-refractivity contribution in [3.8, 4) is 0 Å². The molecule has 0 saturated heterocycles. The number of rotatable bonds is 17. The molecule has 0 bridgehead atoms. The summed E-state index contributed by atoms with van der Waals surface area (Å²) in [5.41, 5.74) is -1.73. The summed E-state index contributed by atoms with van der Waals surface area (Å²) in [7, 11) is 0. The molecule has 1 aromatic carbocycles. The van der Waals surface area contributed by atoms with Crippen LogP contribution in [-0.4, -0.2) is 12.6 Å². The molecule has 0 aliphatic carbocycles. The Morgan fingerprint density at radius 1 is 0.774 bits per heavy atom. The maximum atomic E-state index is 13.3. The van der Waals surface area contributed by atoms with Gasteiger partial charge in [0, 0.05) is 0 Å². The highest BCUT2D eigenvalue weighted by molar-refractivity contribution is 5.89. The molecule has 0 N–H and O–H groups in total. The Balaban J connectivity index is 1.99. The molecule has 2 nitrogen and oxygen atoms in total. The highest BCUT2D eigenvalue weighted by Crippen LogP contribution is 2.32. The second-order valence-corrected chi connectivity index (χ2v) is 8.28. The van der Waals surface area contributed by atoms with E-state index in [1.807, 2.05) is 0 Å². The zero-order valence-corrected chi connectivity index (χ0v) is 18.9. The predicted molar refractivity (Wildman–Crippen MR) is 117 cm³/mol. The lowest BCUT2D eigenvalue weighted by Crippen LogP contribution is -2.12. The number of benzene rings is 1. The fourth-order valence-electron chi connectivity index (χ4n) is 3.59. The van der Waals surface area contributed by atoms with Crippen LogP contribution < -0.4 is 0 Å². The van der Waals surface area contributed by atoms with E-state index in [9.17, 15) is 22.4 Å². The van der Waals surface area contributed by atoms with E-state index in [4.69, 9.17) is 4.74 Å². The second-order valence-electron chi connectivity index (χ2n) is 8.28. The number of carbonyl (C=O) groups excluding carboxylic acids is 1. The number of ether oxygens (including phenoxy) is 1. The summed E-state index contributed by atoms with van der Waals surface area (Å²) in [4.78, 5) is 11.9. The Kier molecular flexibility index (Phi) is 14.3. The quantitative estimate of drug-likeness (QED) is 0.136. The lowest BCUT2D eigenvalue weighted by molar-refractivity contribution is -0.140. The molecular formula is C25H38F4O2. The fourth-order valence-corrected chi connectivity index (χ4v) is 3.59. The Morgan fingerprint density at radius 2 is 1.23 bits per heavy atom. The maximum Gasteiger partial charge on any atom is 0.419 e. The first kappa shape index (κ1) is 27.4. The van der Waals surface area contributed by atoms with Crippen LogP contribution in [0.5, 0.6) is 0 Å². The molecule has 0 aliphatic heterocycles. The van der Waals surface area contributed by atoms with Crippen molar-refractivity contribution in [2.75, 3.05) is 6.61 Å². The van der Waals surface area contributed by atoms with Crippen LogP contribution in [0.2, 0.25) is 0 Å². The number of hydrogen-bond donors (Lipinski definition) is 0. The van der Waals surface area contributed by atoms with Crippen molar-refractivity contribution in [1.82, 2.24) is 0 Å². The standard InChI is InChI=1S/C25H38F4O2/c1-2-3-4-5-6-7-8-9-10-11-12-13-14-15-16-19-31-24(30)21-17-18-23(26)22(20-21)25(27,28)29/h17-18,20H,2-16,19H2,1H3. The molecule has 0 heterocycles. The van der Waals surface area contributed by atoms with E-state index in [0.717, 1.165) is 25.3 Å². The van der Waals surface area contributed by atoms with Crippen molar-refractivity contribution in [2.24, 2.45) is 0 Å². The van der Waals surface area contributed by atoms with Gasteiger partial charge in [0.2, 0.25) is 0 Å². The van der Waals surface area contributed by atoms with Crippen LogP contribution in [0.3, 0.4) is 0 Å². The number of unbranched alkanes of at least 4 members (excludes halogenated alkanes) is 14. The van der Waals surface area contributed by atoms with E-state index in [1.165, 1.54) is 70.6 Å². The number of alkyl halides is 3. The molecule has 0 aromatic heterocycles. The monoisotopic (exact) mass is 446 g/mol. The van der Waals surface area contributed by atoms with Crippen LogP contribution in [0.1, 0.15) is 119 Å². The van der Waals surface area contributed by atoms with Crippen LogP contribution in [-0.2, 0) is 10.9 Å². The lowest BCUT2D eigenvalue weighted by Gasteiger charge is -2.10. The minimum Gasteiger partial charge on any atom is -0.462 e. The Hall–Kier alpha value is -1.59. The molecule has 178 valence electrons. The van der Waals surface area contributed by atoms with Gasteiger partial charge >= 0.3 is 12.1 Å². The van der Waals surface area contributed by atoms with Gasteiger partial charge in [0.15, 0.2) is 0 Å². The van der Waals surface area contributed by atoms with Crippen molar-refractivity contribution in [3.05, 3.63) is 35.1 Å². The van der Waals surface area contributed by atoms with Gasteiger partial charge in [0.25, 0.3) is 0 Å². The molecule has 1 aromatic rings. The number of carbonyl (C=O) groups is 1. The van der Waals surface area contributed by atoms with Crippen molar-refractivity contribution in [2.45, 2.75) is 109 Å². The van der Waals surface area contributed by atoms with Crippen molar-refractivity contribution in [3.63, 3.8) is 0 Å². The van der Waals surface area contributed by atoms with Crippen molar-refractivity contribution >= 4 is 5.97 Å². The number of hydrogen-bond acceptors (Lipinski definition) is 2. The summed E-state index contributed by atoms with van der Waals surface area (Å²) in [6, 6.07) is 2.16. The molecule has 0 radical (unpaired) electrons. The molecular weight excluding hydrogens is 408 g/mol. The van der Waals surface area contributed by atoms with Crippen molar-refractivity contribution in [1.29, 1.82) is 0 Å². The van der Waals surface area contributed by atoms with Crippen LogP contribution in [0.25, 0.3) is 0 Å². The molecule has 0 unspecified atom stereocenters. The highest BCUT2D eigenvalue weighted by atomic mass is 19.4. The van der Waals surface area contributed by atoms with E-state index < -0.39 is 23.5 Å². The predicted octanol–water partition coefficient (Wildman–Crippen LogP) is 8.87. The van der Waals surface area contributed by atoms with Crippen LogP contribution >= 0.6 is 0 Å². The average molecular weight is 447 g/mol. The molecule has 31 heavy (non-hydrogen) atoms. The summed E-state index contributed by atoms with van der Waals surface area (Å²) in [6.07, 6.45) is 13.5. The van der Waals surface area contributed by atoms with E-state index in [1.54, 1.807) is 0 Å². The Morgan fingerprint density at radius 3 is 1.68 bits per heavy atom. The first-order chi connectivity index (χ1) is 14.9. The summed E-state index contributed by atoms with van der Waals surface area (Å²) in [5, 5.41) is 0. The molecule has 6 heteroatoms. The van der Waals surface area contributed by atoms with E-state index in [-0.39, 0.29) is 12.2 Å². The summed E-state index contributed by atoms with van der Waals surface area (Å²) in [5.74, 6) is -2.25.